The molecule has 0 saturated carbocycles. The van der Waals surface area contributed by atoms with Gasteiger partial charge in [-0.05, 0) is 6.07 Å². The van der Waals surface area contributed by atoms with E-state index in [0.29, 0.717) is 12.1 Å². The van der Waals surface area contributed by atoms with Crippen LogP contribution in [0.15, 0.2) is 12.1 Å². The van der Waals surface area contributed by atoms with Gasteiger partial charge in [-0.1, -0.05) is 6.07 Å². The standard InChI is InChI=1S/C8H6F5N/c9-4-2-1-3(5(10)6(4)11)7(14)8(12)13/h1-2,7-8H,14H2/t7-/m0/s1. The Morgan fingerprint density at radius 2 is 1.57 bits per heavy atom. The molecule has 0 amide bonds. The van der Waals surface area contributed by atoms with Gasteiger partial charge >= 0.3 is 0 Å². The van der Waals surface area contributed by atoms with E-state index in [1.165, 1.54) is 0 Å². The first-order valence-electron chi connectivity index (χ1n) is 3.62. The maximum Gasteiger partial charge on any atom is 0.257 e. The zero-order valence-electron chi connectivity index (χ0n) is 6.78. The molecule has 2 N–H and O–H groups in total. The lowest BCUT2D eigenvalue weighted by molar-refractivity contribution is 0.114. The van der Waals surface area contributed by atoms with E-state index in [0.717, 1.165) is 0 Å². The Morgan fingerprint density at radius 1 is 1.00 bits per heavy atom. The van der Waals surface area contributed by atoms with E-state index in [1.54, 1.807) is 0 Å². The molecule has 0 heterocycles. The molecule has 0 radical (unpaired) electrons. The number of hydrogen-bond donors (Lipinski definition) is 1. The predicted molar refractivity (Wildman–Crippen MR) is 39.2 cm³/mol. The third-order valence-electron chi connectivity index (χ3n) is 1.70. The molecule has 0 aliphatic carbocycles. The van der Waals surface area contributed by atoms with Crippen molar-refractivity contribution in [2.75, 3.05) is 0 Å². The van der Waals surface area contributed by atoms with Gasteiger partial charge in [-0.2, -0.15) is 0 Å². The first-order chi connectivity index (χ1) is 6.45. The number of hydrogen-bond acceptors (Lipinski definition) is 1. The molecule has 0 saturated heterocycles. The molecule has 0 bridgehead atoms. The minimum Gasteiger partial charge on any atom is -0.319 e. The molecule has 0 fully saturated rings. The van der Waals surface area contributed by atoms with Crippen molar-refractivity contribution in [3.8, 4) is 0 Å². The lowest BCUT2D eigenvalue weighted by Gasteiger charge is -2.11. The lowest BCUT2D eigenvalue weighted by atomic mass is 10.1. The molecule has 0 unspecified atom stereocenters. The summed E-state index contributed by atoms with van der Waals surface area (Å²) in [4.78, 5) is 0. The minimum absolute atomic E-state index is 0.552. The number of rotatable bonds is 2. The van der Waals surface area contributed by atoms with Crippen LogP contribution < -0.4 is 5.73 Å². The molecular weight excluding hydrogens is 205 g/mol. The van der Waals surface area contributed by atoms with Crippen molar-refractivity contribution in [2.45, 2.75) is 12.5 Å². The molecule has 1 rings (SSSR count). The minimum atomic E-state index is -3.03. The van der Waals surface area contributed by atoms with Gasteiger partial charge in [0.15, 0.2) is 17.5 Å². The highest BCUT2D eigenvalue weighted by Gasteiger charge is 2.24. The molecule has 1 aromatic carbocycles. The highest BCUT2D eigenvalue weighted by atomic mass is 19.3. The fourth-order valence-corrected chi connectivity index (χ4v) is 0.934. The highest BCUT2D eigenvalue weighted by Crippen LogP contribution is 2.23. The van der Waals surface area contributed by atoms with Crippen LogP contribution in [0.1, 0.15) is 11.6 Å². The van der Waals surface area contributed by atoms with Crippen molar-refractivity contribution in [1.82, 2.24) is 0 Å². The van der Waals surface area contributed by atoms with Gasteiger partial charge in [0.25, 0.3) is 6.43 Å². The fraction of sp³-hybridized carbons (Fsp3) is 0.250. The largest absolute Gasteiger partial charge is 0.319 e. The quantitative estimate of drug-likeness (QED) is 0.589. The van der Waals surface area contributed by atoms with Gasteiger partial charge in [-0.3, -0.25) is 0 Å². The van der Waals surface area contributed by atoms with E-state index < -0.39 is 35.5 Å². The van der Waals surface area contributed by atoms with Gasteiger partial charge in [0.2, 0.25) is 0 Å². The van der Waals surface area contributed by atoms with E-state index in [2.05, 4.69) is 0 Å². The smallest absolute Gasteiger partial charge is 0.257 e. The van der Waals surface area contributed by atoms with Gasteiger partial charge in [0.05, 0.1) is 6.04 Å². The number of halogens is 5. The Bertz CT molecular complexity index is 339. The average Bonchev–Trinajstić information content (AvgIpc) is 2.13. The molecule has 1 aromatic rings. The molecule has 1 atom stereocenters. The normalized spacial score (nSPS) is 13.4. The van der Waals surface area contributed by atoms with Gasteiger partial charge in [-0.15, -0.1) is 0 Å². The maximum atomic E-state index is 12.8. The van der Waals surface area contributed by atoms with Crippen molar-refractivity contribution in [2.24, 2.45) is 5.73 Å². The molecule has 0 aliphatic heterocycles. The average molecular weight is 211 g/mol. The molecule has 0 spiro atoms. The summed E-state index contributed by atoms with van der Waals surface area (Å²) in [6, 6.07) is -0.703. The van der Waals surface area contributed by atoms with Crippen molar-refractivity contribution in [3.05, 3.63) is 35.1 Å². The van der Waals surface area contributed by atoms with Crippen LogP contribution in [0.2, 0.25) is 0 Å². The van der Waals surface area contributed by atoms with Crippen molar-refractivity contribution < 1.29 is 22.0 Å². The van der Waals surface area contributed by atoms with Crippen molar-refractivity contribution in [3.63, 3.8) is 0 Å². The monoisotopic (exact) mass is 211 g/mol. The van der Waals surface area contributed by atoms with Crippen LogP contribution in [0.5, 0.6) is 0 Å². The Balaban J connectivity index is 3.17. The number of nitrogens with two attached hydrogens (primary N) is 1. The van der Waals surface area contributed by atoms with Crippen LogP contribution in [0.25, 0.3) is 0 Å². The first kappa shape index (κ1) is 10.9. The second-order valence-corrected chi connectivity index (χ2v) is 2.62. The van der Waals surface area contributed by atoms with Crippen LogP contribution in [-0.4, -0.2) is 6.43 Å². The zero-order valence-corrected chi connectivity index (χ0v) is 6.78. The Morgan fingerprint density at radius 3 is 2.07 bits per heavy atom. The summed E-state index contributed by atoms with van der Waals surface area (Å²) in [5.74, 6) is -4.90. The summed E-state index contributed by atoms with van der Waals surface area (Å²) >= 11 is 0. The van der Waals surface area contributed by atoms with Gasteiger partial charge in [0, 0.05) is 5.56 Å². The summed E-state index contributed by atoms with van der Waals surface area (Å²) in [6.45, 7) is 0. The van der Waals surface area contributed by atoms with Gasteiger partial charge in [0.1, 0.15) is 0 Å². The molecule has 0 aromatic heterocycles. The van der Waals surface area contributed by atoms with E-state index >= 15 is 0 Å². The second-order valence-electron chi connectivity index (χ2n) is 2.62. The number of alkyl halides is 2. The van der Waals surface area contributed by atoms with Crippen LogP contribution >= 0.6 is 0 Å². The topological polar surface area (TPSA) is 26.0 Å². The third-order valence-corrected chi connectivity index (χ3v) is 1.70. The molecule has 6 heteroatoms. The molecule has 0 aliphatic rings. The van der Waals surface area contributed by atoms with E-state index in [4.69, 9.17) is 5.73 Å². The summed E-state index contributed by atoms with van der Waals surface area (Å²) in [5.41, 5.74) is 4.14. The van der Waals surface area contributed by atoms with Gasteiger partial charge < -0.3 is 5.73 Å². The van der Waals surface area contributed by atoms with Crippen molar-refractivity contribution in [1.29, 1.82) is 0 Å². The Hall–Kier alpha value is -1.17. The summed E-state index contributed by atoms with van der Waals surface area (Å²) in [6.07, 6.45) is -3.03. The highest BCUT2D eigenvalue weighted by molar-refractivity contribution is 5.23. The summed E-state index contributed by atoms with van der Waals surface area (Å²) in [7, 11) is 0. The number of benzene rings is 1. The van der Waals surface area contributed by atoms with Crippen LogP contribution in [0, 0.1) is 17.5 Å². The molecule has 1 nitrogen and oxygen atoms in total. The fourth-order valence-electron chi connectivity index (χ4n) is 0.934. The van der Waals surface area contributed by atoms with E-state index in [9.17, 15) is 22.0 Å². The summed E-state index contributed by atoms with van der Waals surface area (Å²) in [5, 5.41) is 0. The molecule has 78 valence electrons. The lowest BCUT2D eigenvalue weighted by Crippen LogP contribution is -2.21. The SMILES string of the molecule is N[C@@H](c1ccc(F)c(F)c1F)C(F)F. The summed E-state index contributed by atoms with van der Waals surface area (Å²) < 4.78 is 61.8. The van der Waals surface area contributed by atoms with E-state index in [1.807, 2.05) is 0 Å². The van der Waals surface area contributed by atoms with Gasteiger partial charge in [-0.25, -0.2) is 22.0 Å². The van der Waals surface area contributed by atoms with Crippen LogP contribution in [0.4, 0.5) is 22.0 Å². The second kappa shape index (κ2) is 3.91. The maximum absolute atomic E-state index is 12.8. The van der Waals surface area contributed by atoms with E-state index in [-0.39, 0.29) is 0 Å². The third kappa shape index (κ3) is 1.84. The Kier molecular flexibility index (Phi) is 3.05. The zero-order chi connectivity index (χ0) is 10.9. The Labute approximate surface area is 76.3 Å². The van der Waals surface area contributed by atoms with Crippen LogP contribution in [-0.2, 0) is 0 Å². The predicted octanol–water partition coefficient (Wildman–Crippen LogP) is 2.37. The first-order valence-corrected chi connectivity index (χ1v) is 3.62. The molecular formula is C8H6F5N. The van der Waals surface area contributed by atoms with Crippen LogP contribution in [0.3, 0.4) is 0 Å². The van der Waals surface area contributed by atoms with Crippen molar-refractivity contribution >= 4 is 0 Å². The molecule has 14 heavy (non-hydrogen) atoms.